The summed E-state index contributed by atoms with van der Waals surface area (Å²) in [6.45, 7) is 2.46. The summed E-state index contributed by atoms with van der Waals surface area (Å²) in [5.41, 5.74) is 1.85. The molecule has 33 heavy (non-hydrogen) atoms. The highest BCUT2D eigenvalue weighted by molar-refractivity contribution is 5.83. The van der Waals surface area contributed by atoms with Crippen molar-refractivity contribution in [3.63, 3.8) is 0 Å². The zero-order valence-corrected chi connectivity index (χ0v) is 17.9. The van der Waals surface area contributed by atoms with Crippen LogP contribution in [-0.2, 0) is 19.5 Å². The van der Waals surface area contributed by atoms with Crippen LogP contribution in [0.5, 0.6) is 0 Å². The summed E-state index contributed by atoms with van der Waals surface area (Å²) in [5, 5.41) is 14.5. The van der Waals surface area contributed by atoms with Crippen LogP contribution in [0.25, 0.3) is 10.9 Å². The molecule has 0 spiro atoms. The van der Waals surface area contributed by atoms with Crippen LogP contribution in [0.4, 0.5) is 20.3 Å². The monoisotopic (exact) mass is 455 g/mol. The lowest BCUT2D eigenvalue weighted by molar-refractivity contribution is -0.389. The van der Waals surface area contributed by atoms with Crippen LogP contribution in [0.15, 0.2) is 35.4 Å². The second-order valence-electron chi connectivity index (χ2n) is 8.63. The summed E-state index contributed by atoms with van der Waals surface area (Å²) in [5.74, 6) is -2.03. The molecule has 2 aromatic heterocycles. The molecule has 10 heteroatoms. The summed E-state index contributed by atoms with van der Waals surface area (Å²) in [4.78, 5) is 29.4. The lowest BCUT2D eigenvalue weighted by atomic mass is 9.98. The Kier molecular flexibility index (Phi) is 5.53. The van der Waals surface area contributed by atoms with Crippen molar-refractivity contribution in [1.82, 2.24) is 14.9 Å². The van der Waals surface area contributed by atoms with Crippen LogP contribution in [0.1, 0.15) is 30.4 Å². The molecular formula is C23H23F2N5O3. The zero-order chi connectivity index (χ0) is 23.1. The van der Waals surface area contributed by atoms with Gasteiger partial charge >= 0.3 is 5.82 Å². The van der Waals surface area contributed by atoms with Crippen molar-refractivity contribution in [3.8, 4) is 0 Å². The predicted octanol–water partition coefficient (Wildman–Crippen LogP) is 3.29. The van der Waals surface area contributed by atoms with E-state index in [1.807, 2.05) is 4.57 Å². The van der Waals surface area contributed by atoms with E-state index in [0.717, 1.165) is 31.1 Å². The number of rotatable bonds is 5. The summed E-state index contributed by atoms with van der Waals surface area (Å²) in [6.07, 6.45) is 6.23. The molecule has 1 atom stereocenters. The van der Waals surface area contributed by atoms with Crippen LogP contribution in [0.2, 0.25) is 0 Å². The molecule has 0 bridgehead atoms. The van der Waals surface area contributed by atoms with Crippen molar-refractivity contribution >= 4 is 22.4 Å². The highest BCUT2D eigenvalue weighted by Gasteiger charge is 2.24. The van der Waals surface area contributed by atoms with E-state index in [2.05, 4.69) is 15.2 Å². The molecular weight excluding hydrogens is 432 g/mol. The van der Waals surface area contributed by atoms with E-state index < -0.39 is 16.6 Å². The predicted molar refractivity (Wildman–Crippen MR) is 119 cm³/mol. The van der Waals surface area contributed by atoms with Crippen molar-refractivity contribution in [2.45, 2.75) is 44.8 Å². The molecule has 0 saturated carbocycles. The Balaban J connectivity index is 1.34. The SMILES string of the molecule is O=c1c(CN[C@H]2CCCN(c3ccc([N+](=O)[O-])nc3)C2)cn2c3c(c(F)c(F)cc13)CCC2. The molecule has 5 rings (SSSR count). The quantitative estimate of drug-likeness (QED) is 0.469. The third kappa shape index (κ3) is 3.95. The van der Waals surface area contributed by atoms with Gasteiger partial charge in [0, 0.05) is 61.0 Å². The number of anilines is 1. The Labute approximate surface area is 188 Å². The molecule has 0 amide bonds. The molecule has 8 nitrogen and oxygen atoms in total. The number of nitrogens with one attached hydrogen (secondary N) is 1. The number of hydrogen-bond donors (Lipinski definition) is 1. The van der Waals surface area contributed by atoms with Crippen LogP contribution in [0, 0.1) is 21.7 Å². The maximum Gasteiger partial charge on any atom is 0.363 e. The molecule has 1 fully saturated rings. The molecule has 0 radical (unpaired) electrons. The van der Waals surface area contributed by atoms with Crippen molar-refractivity contribution in [2.75, 3.05) is 18.0 Å². The van der Waals surface area contributed by atoms with Gasteiger partial charge in [0.2, 0.25) is 0 Å². The van der Waals surface area contributed by atoms with E-state index in [1.54, 1.807) is 12.3 Å². The minimum atomic E-state index is -0.979. The van der Waals surface area contributed by atoms with Crippen LogP contribution in [-0.4, -0.2) is 33.6 Å². The van der Waals surface area contributed by atoms with Gasteiger partial charge in [-0.2, -0.15) is 0 Å². The Morgan fingerprint density at radius 1 is 1.24 bits per heavy atom. The van der Waals surface area contributed by atoms with E-state index in [4.69, 9.17) is 0 Å². The van der Waals surface area contributed by atoms with E-state index in [1.165, 1.54) is 12.3 Å². The maximum absolute atomic E-state index is 14.3. The fourth-order valence-electron chi connectivity index (χ4n) is 4.92. The molecule has 0 unspecified atom stereocenters. The fraction of sp³-hybridized carbons (Fsp3) is 0.391. The molecule has 0 aliphatic carbocycles. The topological polar surface area (TPSA) is 93.3 Å². The Hall–Kier alpha value is -3.40. The second kappa shape index (κ2) is 8.51. The first-order chi connectivity index (χ1) is 15.9. The van der Waals surface area contributed by atoms with Crippen LogP contribution >= 0.6 is 0 Å². The standard InChI is InChI=1S/C23H23F2N5O3/c24-19-9-18-22-17(21(19)25)4-2-8-29(22)12-14(23(18)31)10-26-15-3-1-7-28(13-15)16-5-6-20(27-11-16)30(32)33/h5-6,9,11-12,15,26H,1-4,7-8,10,13H2/t15-/m0/s1. The normalized spacial score (nSPS) is 18.0. The van der Waals surface area contributed by atoms with Gasteiger partial charge in [-0.05, 0) is 47.7 Å². The van der Waals surface area contributed by atoms with Gasteiger partial charge in [-0.15, -0.1) is 0 Å². The zero-order valence-electron chi connectivity index (χ0n) is 17.9. The number of hydrogen-bond acceptors (Lipinski definition) is 6. The number of nitrogens with zero attached hydrogens (tertiary/aromatic N) is 4. The average Bonchev–Trinajstić information content (AvgIpc) is 2.83. The summed E-state index contributed by atoms with van der Waals surface area (Å²) in [7, 11) is 0. The van der Waals surface area contributed by atoms with Crippen LogP contribution < -0.4 is 15.6 Å². The van der Waals surface area contributed by atoms with E-state index >= 15 is 0 Å². The number of pyridine rings is 2. The number of aromatic nitrogens is 2. The van der Waals surface area contributed by atoms with E-state index in [-0.39, 0.29) is 28.2 Å². The molecule has 4 heterocycles. The minimum absolute atomic E-state index is 0.103. The summed E-state index contributed by atoms with van der Waals surface area (Å²) >= 11 is 0. The van der Waals surface area contributed by atoms with Gasteiger partial charge in [-0.1, -0.05) is 0 Å². The number of benzene rings is 1. The van der Waals surface area contributed by atoms with Gasteiger partial charge in [0.1, 0.15) is 0 Å². The highest BCUT2D eigenvalue weighted by Crippen LogP contribution is 2.28. The third-order valence-corrected chi connectivity index (χ3v) is 6.53. The Morgan fingerprint density at radius 2 is 2.09 bits per heavy atom. The number of piperidine rings is 1. The van der Waals surface area contributed by atoms with Gasteiger partial charge in [0.15, 0.2) is 23.3 Å². The molecule has 1 aromatic carbocycles. The molecule has 2 aliphatic heterocycles. The second-order valence-corrected chi connectivity index (χ2v) is 8.63. The molecule has 3 aromatic rings. The van der Waals surface area contributed by atoms with E-state index in [0.29, 0.717) is 43.6 Å². The Bertz CT molecular complexity index is 1290. The van der Waals surface area contributed by atoms with Gasteiger partial charge < -0.3 is 24.9 Å². The first-order valence-corrected chi connectivity index (χ1v) is 11.0. The summed E-state index contributed by atoms with van der Waals surface area (Å²) in [6, 6.07) is 4.21. The highest BCUT2D eigenvalue weighted by atomic mass is 19.2. The number of halogens is 2. The molecule has 2 aliphatic rings. The van der Waals surface area contributed by atoms with Crippen LogP contribution in [0.3, 0.4) is 0 Å². The van der Waals surface area contributed by atoms with Gasteiger partial charge in [0.25, 0.3) is 0 Å². The lowest BCUT2D eigenvalue weighted by Gasteiger charge is -2.34. The van der Waals surface area contributed by atoms with Gasteiger partial charge in [-0.3, -0.25) is 4.79 Å². The van der Waals surface area contributed by atoms with Gasteiger partial charge in [-0.25, -0.2) is 8.78 Å². The minimum Gasteiger partial charge on any atom is -0.367 e. The first-order valence-electron chi connectivity index (χ1n) is 11.0. The maximum atomic E-state index is 14.3. The van der Waals surface area contributed by atoms with Crippen molar-refractivity contribution in [2.24, 2.45) is 0 Å². The largest absolute Gasteiger partial charge is 0.367 e. The Morgan fingerprint density at radius 3 is 2.85 bits per heavy atom. The molecule has 1 N–H and O–H groups in total. The first kappa shape index (κ1) is 21.4. The van der Waals surface area contributed by atoms with Gasteiger partial charge in [0.05, 0.1) is 11.2 Å². The molecule has 172 valence electrons. The van der Waals surface area contributed by atoms with Crippen molar-refractivity contribution in [1.29, 1.82) is 0 Å². The lowest BCUT2D eigenvalue weighted by Crippen LogP contribution is -2.46. The van der Waals surface area contributed by atoms with E-state index in [9.17, 15) is 23.7 Å². The number of nitro groups is 1. The smallest absolute Gasteiger partial charge is 0.363 e. The fourth-order valence-corrected chi connectivity index (χ4v) is 4.92. The number of aryl methyl sites for hydroxylation is 2. The van der Waals surface area contributed by atoms with Crippen molar-refractivity contribution < 1.29 is 13.7 Å². The molecule has 1 saturated heterocycles. The third-order valence-electron chi connectivity index (χ3n) is 6.53. The average molecular weight is 455 g/mol. The van der Waals surface area contributed by atoms with Crippen molar-refractivity contribution in [3.05, 3.63) is 73.7 Å². The summed E-state index contributed by atoms with van der Waals surface area (Å²) < 4.78 is 30.3.